The molecule has 1 saturated heterocycles. The summed E-state index contributed by atoms with van der Waals surface area (Å²) in [6.07, 6.45) is -0.149. The first-order valence-electron chi connectivity index (χ1n) is 12.4. The lowest BCUT2D eigenvalue weighted by molar-refractivity contribution is -0.131. The number of hydrogen-bond donors (Lipinski definition) is 3. The standard InChI is InChI=1S/C30H26ClNO6S/c31-25-12-6-4-11-23(25)26(33)17-16-24-29(32(30(24)35)20-8-2-1-3-9-20)19-14-15-21(27(34)18-19)22-10-5-7-13-28(22)39(36,37)38/h1-15,18,24,26,29,33-34H,16-17H2,(H,36,37,38)/t24-,26+,29-/m1/s1. The van der Waals surface area contributed by atoms with E-state index < -0.39 is 28.2 Å². The average molecular weight is 564 g/mol. The zero-order valence-electron chi connectivity index (χ0n) is 20.7. The monoisotopic (exact) mass is 563 g/mol. The fourth-order valence-corrected chi connectivity index (χ4v) is 6.17. The first-order valence-corrected chi connectivity index (χ1v) is 14.2. The number of amides is 1. The first-order chi connectivity index (χ1) is 18.7. The van der Waals surface area contributed by atoms with Gasteiger partial charge in [-0.3, -0.25) is 9.35 Å². The number of carbonyl (C=O) groups excluding carboxylic acids is 1. The fourth-order valence-electron chi connectivity index (χ4n) is 5.20. The molecule has 5 rings (SSSR count). The van der Waals surface area contributed by atoms with Gasteiger partial charge in [0.2, 0.25) is 5.91 Å². The molecule has 1 aliphatic rings. The van der Waals surface area contributed by atoms with Gasteiger partial charge < -0.3 is 15.1 Å². The number of phenolic OH excluding ortho intramolecular Hbond substituents is 1. The highest BCUT2D eigenvalue weighted by atomic mass is 35.5. The molecule has 1 amide bonds. The molecule has 4 aromatic rings. The van der Waals surface area contributed by atoms with Crippen molar-refractivity contribution in [3.8, 4) is 16.9 Å². The second-order valence-electron chi connectivity index (χ2n) is 9.46. The van der Waals surface area contributed by atoms with E-state index in [2.05, 4.69) is 0 Å². The first kappa shape index (κ1) is 26.9. The van der Waals surface area contributed by atoms with Crippen molar-refractivity contribution in [2.24, 2.45) is 5.92 Å². The molecule has 1 heterocycles. The predicted molar refractivity (Wildman–Crippen MR) is 149 cm³/mol. The summed E-state index contributed by atoms with van der Waals surface area (Å²) in [4.78, 5) is 14.7. The van der Waals surface area contributed by atoms with E-state index in [1.165, 1.54) is 24.3 Å². The molecule has 0 radical (unpaired) electrons. The molecule has 3 N–H and O–H groups in total. The minimum Gasteiger partial charge on any atom is -0.507 e. The molecule has 0 bridgehead atoms. The van der Waals surface area contributed by atoms with Gasteiger partial charge in [-0.25, -0.2) is 0 Å². The van der Waals surface area contributed by atoms with Crippen molar-refractivity contribution in [3.05, 3.63) is 113 Å². The number of β-lactam (4-membered cyclic amide) rings is 1. The normalized spacial score (nSPS) is 18.0. The molecule has 200 valence electrons. The molecule has 0 spiro atoms. The van der Waals surface area contributed by atoms with Gasteiger partial charge in [-0.15, -0.1) is 0 Å². The fraction of sp³-hybridized carbons (Fsp3) is 0.167. The Morgan fingerprint density at radius 2 is 1.54 bits per heavy atom. The van der Waals surface area contributed by atoms with Gasteiger partial charge in [-0.05, 0) is 54.3 Å². The van der Waals surface area contributed by atoms with Crippen molar-refractivity contribution in [2.75, 3.05) is 4.90 Å². The van der Waals surface area contributed by atoms with Crippen LogP contribution in [0, 0.1) is 5.92 Å². The van der Waals surface area contributed by atoms with Crippen molar-refractivity contribution in [3.63, 3.8) is 0 Å². The van der Waals surface area contributed by atoms with Crippen LogP contribution in [0.3, 0.4) is 0 Å². The van der Waals surface area contributed by atoms with Crippen LogP contribution in [0.5, 0.6) is 5.75 Å². The minimum atomic E-state index is -4.52. The van der Waals surface area contributed by atoms with E-state index in [0.29, 0.717) is 34.7 Å². The van der Waals surface area contributed by atoms with E-state index in [1.54, 1.807) is 47.4 Å². The number of aliphatic hydroxyl groups excluding tert-OH is 1. The molecule has 0 unspecified atom stereocenters. The summed E-state index contributed by atoms with van der Waals surface area (Å²) in [6.45, 7) is 0. The van der Waals surface area contributed by atoms with Crippen LogP contribution >= 0.6 is 11.6 Å². The van der Waals surface area contributed by atoms with Crippen molar-refractivity contribution in [1.82, 2.24) is 0 Å². The Balaban J connectivity index is 1.47. The van der Waals surface area contributed by atoms with Gasteiger partial charge >= 0.3 is 0 Å². The lowest BCUT2D eigenvalue weighted by atomic mass is 9.78. The van der Waals surface area contributed by atoms with E-state index in [4.69, 9.17) is 11.6 Å². The molecule has 0 aliphatic carbocycles. The molecule has 1 fully saturated rings. The van der Waals surface area contributed by atoms with Crippen LogP contribution in [0.2, 0.25) is 5.02 Å². The third-order valence-electron chi connectivity index (χ3n) is 7.08. The topological polar surface area (TPSA) is 115 Å². The van der Waals surface area contributed by atoms with Crippen LogP contribution in [0.4, 0.5) is 5.69 Å². The lowest BCUT2D eigenvalue weighted by Gasteiger charge is -2.48. The molecule has 39 heavy (non-hydrogen) atoms. The maximum Gasteiger partial charge on any atom is 0.295 e. The Hall–Kier alpha value is -3.69. The summed E-state index contributed by atoms with van der Waals surface area (Å²) in [5, 5.41) is 22.2. The second kappa shape index (κ2) is 10.8. The number of benzene rings is 4. The second-order valence-corrected chi connectivity index (χ2v) is 11.3. The number of phenols is 1. The summed E-state index contributed by atoms with van der Waals surface area (Å²) in [5.41, 5.74) is 2.35. The van der Waals surface area contributed by atoms with E-state index in [1.807, 2.05) is 30.3 Å². The summed E-state index contributed by atoms with van der Waals surface area (Å²) in [6, 6.07) is 26.5. The summed E-state index contributed by atoms with van der Waals surface area (Å²) < 4.78 is 33.5. The lowest BCUT2D eigenvalue weighted by Crippen LogP contribution is -2.55. The van der Waals surface area contributed by atoms with E-state index in [0.717, 1.165) is 0 Å². The van der Waals surface area contributed by atoms with E-state index in [9.17, 15) is 28.0 Å². The largest absolute Gasteiger partial charge is 0.507 e. The zero-order chi connectivity index (χ0) is 27.7. The molecule has 7 nitrogen and oxygen atoms in total. The van der Waals surface area contributed by atoms with Gasteiger partial charge in [0, 0.05) is 21.8 Å². The Bertz CT molecular complexity index is 1630. The van der Waals surface area contributed by atoms with Crippen LogP contribution < -0.4 is 4.90 Å². The molecule has 4 aromatic carbocycles. The van der Waals surface area contributed by atoms with Gasteiger partial charge in [0.1, 0.15) is 10.6 Å². The number of halogens is 1. The quantitative estimate of drug-likeness (QED) is 0.174. The van der Waals surface area contributed by atoms with Crippen LogP contribution in [0.15, 0.2) is 102 Å². The molecule has 3 atom stereocenters. The van der Waals surface area contributed by atoms with E-state index in [-0.39, 0.29) is 27.7 Å². The summed E-state index contributed by atoms with van der Waals surface area (Å²) in [5.74, 6) is -0.749. The highest BCUT2D eigenvalue weighted by Crippen LogP contribution is 2.48. The van der Waals surface area contributed by atoms with Crippen LogP contribution in [-0.4, -0.2) is 29.1 Å². The zero-order valence-corrected chi connectivity index (χ0v) is 22.3. The molecule has 1 aliphatic heterocycles. The van der Waals surface area contributed by atoms with Gasteiger partial charge in [0.25, 0.3) is 10.1 Å². The molecule has 0 saturated carbocycles. The number of carbonyl (C=O) groups is 1. The Morgan fingerprint density at radius 1 is 0.872 bits per heavy atom. The highest BCUT2D eigenvalue weighted by Gasteiger charge is 2.48. The number of para-hydroxylation sites is 1. The maximum atomic E-state index is 13.4. The third kappa shape index (κ3) is 5.29. The highest BCUT2D eigenvalue weighted by molar-refractivity contribution is 7.86. The number of rotatable bonds is 8. The Morgan fingerprint density at radius 3 is 2.23 bits per heavy atom. The Labute approximate surface area is 231 Å². The number of aliphatic hydroxyl groups is 1. The van der Waals surface area contributed by atoms with Crippen molar-refractivity contribution in [2.45, 2.75) is 29.9 Å². The predicted octanol–water partition coefficient (Wildman–Crippen LogP) is 6.18. The molecule has 0 aromatic heterocycles. The van der Waals surface area contributed by atoms with Crippen LogP contribution in [0.25, 0.3) is 11.1 Å². The summed E-state index contributed by atoms with van der Waals surface area (Å²) >= 11 is 6.24. The number of aromatic hydroxyl groups is 1. The number of hydrogen-bond acceptors (Lipinski definition) is 5. The van der Waals surface area contributed by atoms with Crippen molar-refractivity contribution >= 4 is 33.3 Å². The maximum absolute atomic E-state index is 13.4. The van der Waals surface area contributed by atoms with Gasteiger partial charge in [-0.1, -0.05) is 78.3 Å². The van der Waals surface area contributed by atoms with Crippen molar-refractivity contribution < 1.29 is 28.0 Å². The number of anilines is 1. The molecular formula is C30H26ClNO6S. The SMILES string of the molecule is O=C1[C@H](CC[C@H](O)c2ccccc2Cl)[C@@H](c2ccc(-c3ccccc3S(=O)(=O)O)c(O)c2)N1c1ccccc1. The number of nitrogens with zero attached hydrogens (tertiary/aromatic N) is 1. The van der Waals surface area contributed by atoms with Gasteiger partial charge in [-0.2, -0.15) is 8.42 Å². The minimum absolute atomic E-state index is 0.0992. The Kier molecular flexibility index (Phi) is 7.46. The van der Waals surface area contributed by atoms with Crippen molar-refractivity contribution in [1.29, 1.82) is 0 Å². The third-order valence-corrected chi connectivity index (χ3v) is 8.34. The molecule has 9 heteroatoms. The average Bonchev–Trinajstić information content (AvgIpc) is 2.92. The molecular weight excluding hydrogens is 538 g/mol. The van der Waals surface area contributed by atoms with E-state index >= 15 is 0 Å². The van der Waals surface area contributed by atoms with Gasteiger partial charge in [0.05, 0.1) is 18.1 Å². The van der Waals surface area contributed by atoms with Crippen LogP contribution in [0.1, 0.15) is 36.1 Å². The smallest absolute Gasteiger partial charge is 0.295 e. The summed E-state index contributed by atoms with van der Waals surface area (Å²) in [7, 11) is -4.52. The van der Waals surface area contributed by atoms with Gasteiger partial charge in [0.15, 0.2) is 0 Å². The van der Waals surface area contributed by atoms with Crippen LogP contribution in [-0.2, 0) is 14.9 Å².